The molecule has 12 heteroatoms. The Morgan fingerprint density at radius 1 is 1.10 bits per heavy atom. The van der Waals surface area contributed by atoms with Gasteiger partial charge >= 0.3 is 0 Å². The highest BCUT2D eigenvalue weighted by Crippen LogP contribution is 2.56. The summed E-state index contributed by atoms with van der Waals surface area (Å²) in [7, 11) is 0. The first-order chi connectivity index (χ1) is 20.0. The molecule has 1 saturated heterocycles. The topological polar surface area (TPSA) is 122 Å². The minimum absolute atomic E-state index is 0.0154. The maximum Gasteiger partial charge on any atom is 0.164 e. The minimum atomic E-state index is -1.86. The molecule has 0 spiro atoms. The second-order valence-corrected chi connectivity index (χ2v) is 10.9. The number of fused-ring (bicyclic) bond motifs is 2. The van der Waals surface area contributed by atoms with Gasteiger partial charge in [-0.1, -0.05) is 18.2 Å². The Kier molecular flexibility index (Phi) is 6.39. The highest BCUT2D eigenvalue weighted by atomic mass is 19.2. The van der Waals surface area contributed by atoms with Crippen LogP contribution in [0.1, 0.15) is 42.3 Å². The van der Waals surface area contributed by atoms with Crippen LogP contribution in [0.2, 0.25) is 0 Å². The number of nitrogens with zero attached hydrogens (tertiary/aromatic N) is 5. The van der Waals surface area contributed by atoms with Gasteiger partial charge < -0.3 is 15.5 Å². The number of rotatable bonds is 5. The molecule has 3 aromatic heterocycles. The molecule has 9 nitrogen and oxygen atoms in total. The first-order valence-corrected chi connectivity index (χ1v) is 13.8. The maximum atomic E-state index is 17.2. The van der Waals surface area contributed by atoms with Crippen LogP contribution in [0.4, 0.5) is 19.0 Å². The van der Waals surface area contributed by atoms with E-state index in [2.05, 4.69) is 29.9 Å². The number of aromatic nitrogens is 6. The molecule has 2 fully saturated rings. The molecule has 1 aliphatic carbocycles. The fourth-order valence-corrected chi connectivity index (χ4v) is 6.99. The van der Waals surface area contributed by atoms with Crippen LogP contribution >= 0.6 is 0 Å². The van der Waals surface area contributed by atoms with E-state index in [-0.39, 0.29) is 17.4 Å². The lowest BCUT2D eigenvalue weighted by atomic mass is 9.57. The van der Waals surface area contributed by atoms with E-state index in [0.717, 1.165) is 42.2 Å². The number of H-pyrrole nitrogens is 2. The molecule has 2 aromatic carbocycles. The summed E-state index contributed by atoms with van der Waals surface area (Å²) >= 11 is 0. The second kappa shape index (κ2) is 10.1. The Morgan fingerprint density at radius 2 is 1.95 bits per heavy atom. The van der Waals surface area contributed by atoms with Crippen LogP contribution in [0.25, 0.3) is 22.1 Å². The third-order valence-corrected chi connectivity index (χ3v) is 8.97. The van der Waals surface area contributed by atoms with E-state index in [1.54, 1.807) is 6.33 Å². The summed E-state index contributed by atoms with van der Waals surface area (Å²) in [5.74, 6) is -2.90. The molecule has 7 rings (SSSR count). The van der Waals surface area contributed by atoms with Gasteiger partial charge in [-0.05, 0) is 43.0 Å². The number of nitrogens with two attached hydrogens (primary N) is 1. The van der Waals surface area contributed by atoms with Gasteiger partial charge in [0.15, 0.2) is 17.3 Å². The predicted molar refractivity (Wildman–Crippen MR) is 147 cm³/mol. The number of anilines is 1. The lowest BCUT2D eigenvalue weighted by Gasteiger charge is -2.50. The van der Waals surface area contributed by atoms with Crippen LogP contribution in [0.3, 0.4) is 0 Å². The van der Waals surface area contributed by atoms with E-state index in [4.69, 9.17) is 15.6 Å². The fraction of sp³-hybridized carbons (Fsp3) is 0.379. The number of alkyl halides is 1. The van der Waals surface area contributed by atoms with Gasteiger partial charge in [0.2, 0.25) is 0 Å². The molecular weight excluding hydrogens is 533 g/mol. The van der Waals surface area contributed by atoms with Crippen LogP contribution in [-0.4, -0.2) is 67.4 Å². The number of nitrogens with one attached hydrogen (secondary N) is 2. The van der Waals surface area contributed by atoms with Gasteiger partial charge in [0.25, 0.3) is 0 Å². The monoisotopic (exact) mass is 562 g/mol. The quantitative estimate of drug-likeness (QED) is 0.287. The highest BCUT2D eigenvalue weighted by Gasteiger charge is 2.53. The van der Waals surface area contributed by atoms with E-state index in [9.17, 15) is 4.39 Å². The molecule has 2 aliphatic rings. The number of hydrogen-bond acceptors (Lipinski definition) is 7. The SMILES string of the molecule is Nc1ncnc2[nH]nc(C3(c4ccc5nc[nH]c5c4)CCC(N4CCOCC4)CC3C(F)c3cccc(F)c3F)c12. The van der Waals surface area contributed by atoms with Gasteiger partial charge in [0.1, 0.15) is 18.3 Å². The second-order valence-electron chi connectivity index (χ2n) is 10.9. The zero-order valence-corrected chi connectivity index (χ0v) is 22.2. The van der Waals surface area contributed by atoms with Crippen LogP contribution in [0.15, 0.2) is 49.1 Å². The van der Waals surface area contributed by atoms with Gasteiger partial charge in [-0.3, -0.25) is 10.00 Å². The van der Waals surface area contributed by atoms with Crippen molar-refractivity contribution in [1.29, 1.82) is 0 Å². The van der Waals surface area contributed by atoms with Gasteiger partial charge in [-0.2, -0.15) is 5.10 Å². The number of imidazole rings is 1. The van der Waals surface area contributed by atoms with E-state index in [1.807, 2.05) is 18.2 Å². The number of aromatic amines is 2. The van der Waals surface area contributed by atoms with Crippen LogP contribution < -0.4 is 5.73 Å². The molecule has 4 unspecified atom stereocenters. The molecule has 0 bridgehead atoms. The maximum absolute atomic E-state index is 17.2. The summed E-state index contributed by atoms with van der Waals surface area (Å²) < 4.78 is 52.4. The van der Waals surface area contributed by atoms with Crippen molar-refractivity contribution in [3.63, 3.8) is 0 Å². The number of benzene rings is 2. The summed E-state index contributed by atoms with van der Waals surface area (Å²) in [6.45, 7) is 2.64. The zero-order valence-electron chi connectivity index (χ0n) is 22.2. The first-order valence-electron chi connectivity index (χ1n) is 13.8. The number of halogens is 3. The average molecular weight is 563 g/mol. The van der Waals surface area contributed by atoms with Crippen molar-refractivity contribution in [3.8, 4) is 0 Å². The molecule has 41 heavy (non-hydrogen) atoms. The van der Waals surface area contributed by atoms with Crippen LogP contribution in [-0.2, 0) is 10.2 Å². The van der Waals surface area contributed by atoms with Crippen LogP contribution in [0, 0.1) is 17.6 Å². The van der Waals surface area contributed by atoms with Crippen molar-refractivity contribution >= 4 is 27.9 Å². The zero-order chi connectivity index (χ0) is 28.1. The van der Waals surface area contributed by atoms with Gasteiger partial charge in [-0.15, -0.1) is 0 Å². The highest BCUT2D eigenvalue weighted by molar-refractivity contribution is 5.89. The van der Waals surface area contributed by atoms with Crippen molar-refractivity contribution in [2.24, 2.45) is 5.92 Å². The van der Waals surface area contributed by atoms with Crippen molar-refractivity contribution in [1.82, 2.24) is 35.0 Å². The van der Waals surface area contributed by atoms with Gasteiger partial charge in [0.05, 0.1) is 41.7 Å². The average Bonchev–Trinajstić information content (AvgIpc) is 3.66. The summed E-state index contributed by atoms with van der Waals surface area (Å²) in [5, 5.41) is 8.16. The molecule has 4 N–H and O–H groups in total. The number of ether oxygens (including phenoxy) is 1. The smallest absolute Gasteiger partial charge is 0.164 e. The summed E-state index contributed by atoms with van der Waals surface area (Å²) in [6, 6.07) is 9.42. The Hall–Kier alpha value is -4.03. The Morgan fingerprint density at radius 3 is 2.80 bits per heavy atom. The molecule has 4 heterocycles. The van der Waals surface area contributed by atoms with Gasteiger partial charge in [0, 0.05) is 36.0 Å². The molecule has 0 amide bonds. The third-order valence-electron chi connectivity index (χ3n) is 8.97. The summed E-state index contributed by atoms with van der Waals surface area (Å²) in [5.41, 5.74) is 8.21. The van der Waals surface area contributed by atoms with E-state index in [1.165, 1.54) is 18.5 Å². The van der Waals surface area contributed by atoms with Crippen molar-refractivity contribution in [2.45, 2.75) is 36.9 Å². The lowest BCUT2D eigenvalue weighted by molar-refractivity contribution is -0.0165. The molecule has 212 valence electrons. The lowest BCUT2D eigenvalue weighted by Crippen LogP contribution is -2.52. The molecule has 0 radical (unpaired) electrons. The Labute approximate surface area is 233 Å². The van der Waals surface area contributed by atoms with E-state index < -0.39 is 29.1 Å². The number of hydrogen-bond donors (Lipinski definition) is 3. The normalized spacial score (nSPS) is 24.7. The van der Waals surface area contributed by atoms with Gasteiger partial charge in [-0.25, -0.2) is 28.1 Å². The summed E-state index contributed by atoms with van der Waals surface area (Å²) in [4.78, 5) is 18.3. The predicted octanol–water partition coefficient (Wildman–Crippen LogP) is 4.59. The molecule has 5 aromatic rings. The fourth-order valence-electron chi connectivity index (χ4n) is 6.99. The number of nitrogen functional groups attached to an aromatic ring is 1. The van der Waals surface area contributed by atoms with Crippen molar-refractivity contribution in [2.75, 3.05) is 32.0 Å². The van der Waals surface area contributed by atoms with Crippen molar-refractivity contribution in [3.05, 3.63) is 77.5 Å². The van der Waals surface area contributed by atoms with Crippen molar-refractivity contribution < 1.29 is 17.9 Å². The number of morpholine rings is 1. The molecular formula is C29H29F3N8O. The van der Waals surface area contributed by atoms with Crippen LogP contribution in [0.5, 0.6) is 0 Å². The molecule has 4 atom stereocenters. The standard InChI is InChI=1S/C29H29F3N8O/c30-20-3-1-2-18(25(20)32)24(31)19-13-17(40-8-10-41-11-9-40)6-7-29(19,16-4-5-21-22(12-16)35-14-34-21)26-23-27(33)36-15-37-28(23)39-38-26/h1-5,12,14-15,17,19,24H,6-11,13H2,(H,34,35)(H3,33,36,37,38,39). The van der Waals surface area contributed by atoms with E-state index >= 15 is 8.78 Å². The largest absolute Gasteiger partial charge is 0.383 e. The Bertz CT molecular complexity index is 1720. The Balaban J connectivity index is 1.47. The van der Waals surface area contributed by atoms with E-state index in [0.29, 0.717) is 42.8 Å². The molecule has 1 aliphatic heterocycles. The third kappa shape index (κ3) is 4.15. The summed E-state index contributed by atoms with van der Waals surface area (Å²) in [6.07, 6.45) is 2.66. The molecule has 1 saturated carbocycles. The minimum Gasteiger partial charge on any atom is -0.383 e. The first kappa shape index (κ1) is 25.9.